The van der Waals surface area contributed by atoms with Gasteiger partial charge >= 0.3 is 0 Å². The van der Waals surface area contributed by atoms with Crippen molar-refractivity contribution in [2.75, 3.05) is 6.54 Å². The van der Waals surface area contributed by atoms with Crippen LogP contribution in [-0.2, 0) is 19.5 Å². The summed E-state index contributed by atoms with van der Waals surface area (Å²) in [6.07, 6.45) is 6.14. The molecule has 0 amide bonds. The Kier molecular flexibility index (Phi) is 4.57. The lowest BCUT2D eigenvalue weighted by Crippen LogP contribution is -2.30. The summed E-state index contributed by atoms with van der Waals surface area (Å²) < 4.78 is 5.48. The maximum atomic E-state index is 5.48. The predicted octanol–water partition coefficient (Wildman–Crippen LogP) is 3.46. The lowest BCUT2D eigenvalue weighted by molar-refractivity contribution is 0.245. The maximum absolute atomic E-state index is 5.48. The minimum atomic E-state index is 0.438. The molecule has 1 aromatic carbocycles. The number of aryl methyl sites for hydroxylation is 1. The molecule has 0 saturated heterocycles. The number of fused-ring (bicyclic) bond motifs is 1. The summed E-state index contributed by atoms with van der Waals surface area (Å²) >= 11 is 0. The van der Waals surface area contributed by atoms with Crippen LogP contribution in [0.4, 0.5) is 0 Å². The van der Waals surface area contributed by atoms with Crippen LogP contribution in [0, 0.1) is 6.92 Å². The van der Waals surface area contributed by atoms with Gasteiger partial charge in [0.25, 0.3) is 5.89 Å². The fraction of sp³-hybridized carbons (Fsp3) is 0.227. The molecule has 29 heavy (non-hydrogen) atoms. The molecule has 1 aliphatic heterocycles. The van der Waals surface area contributed by atoms with Gasteiger partial charge in [-0.2, -0.15) is 15.2 Å². The van der Waals surface area contributed by atoms with Gasteiger partial charge in [0.2, 0.25) is 5.82 Å². The van der Waals surface area contributed by atoms with Crippen LogP contribution in [0.5, 0.6) is 0 Å². The second-order valence-corrected chi connectivity index (χ2v) is 7.22. The van der Waals surface area contributed by atoms with Crippen LogP contribution in [0.3, 0.4) is 0 Å². The molecule has 0 spiro atoms. The first-order chi connectivity index (χ1) is 14.3. The first kappa shape index (κ1) is 17.6. The molecule has 0 aliphatic carbocycles. The summed E-state index contributed by atoms with van der Waals surface area (Å²) in [4.78, 5) is 11.7. The Morgan fingerprint density at radius 1 is 1.07 bits per heavy atom. The number of hydrogen-bond donors (Lipinski definition) is 0. The standard InChI is InChI=1S/C22H20N6O/c1-15-20(21-26-22(29-27-21)17-7-9-24-25-12-17)19-8-10-28(14-18(19)11-23-15)13-16-5-3-2-4-6-16/h2-7,9,11-12H,8,10,13-14H2,1H3. The van der Waals surface area contributed by atoms with Gasteiger partial charge in [-0.25, -0.2) is 0 Å². The molecule has 0 saturated carbocycles. The quantitative estimate of drug-likeness (QED) is 0.533. The lowest BCUT2D eigenvalue weighted by Gasteiger charge is -2.29. The Balaban J connectivity index is 1.45. The molecule has 7 nitrogen and oxygen atoms in total. The van der Waals surface area contributed by atoms with Crippen LogP contribution in [0.25, 0.3) is 22.8 Å². The average molecular weight is 384 g/mol. The first-order valence-corrected chi connectivity index (χ1v) is 9.63. The highest BCUT2D eigenvalue weighted by molar-refractivity contribution is 5.66. The van der Waals surface area contributed by atoms with Gasteiger partial charge < -0.3 is 4.52 Å². The Hall–Kier alpha value is -3.45. The topological polar surface area (TPSA) is 80.8 Å². The number of hydrogen-bond acceptors (Lipinski definition) is 7. The molecular weight excluding hydrogens is 364 g/mol. The first-order valence-electron chi connectivity index (χ1n) is 9.63. The summed E-state index contributed by atoms with van der Waals surface area (Å²) in [5.41, 5.74) is 6.47. The normalized spacial score (nSPS) is 14.0. The minimum absolute atomic E-state index is 0.438. The Morgan fingerprint density at radius 3 is 2.79 bits per heavy atom. The van der Waals surface area contributed by atoms with E-state index in [1.54, 1.807) is 18.5 Å². The van der Waals surface area contributed by atoms with Gasteiger partial charge in [0.05, 0.1) is 18.0 Å². The van der Waals surface area contributed by atoms with Crippen molar-refractivity contribution in [2.45, 2.75) is 26.4 Å². The number of pyridine rings is 1. The molecule has 0 unspecified atom stereocenters. The van der Waals surface area contributed by atoms with Gasteiger partial charge in [-0.3, -0.25) is 9.88 Å². The van der Waals surface area contributed by atoms with Crippen molar-refractivity contribution in [1.29, 1.82) is 0 Å². The summed E-state index contributed by atoms with van der Waals surface area (Å²) in [5, 5.41) is 11.9. The third kappa shape index (κ3) is 3.52. The van der Waals surface area contributed by atoms with Crippen molar-refractivity contribution < 1.29 is 4.52 Å². The Labute approximate surface area is 168 Å². The zero-order chi connectivity index (χ0) is 19.6. The van der Waals surface area contributed by atoms with Gasteiger partial charge in [0.15, 0.2) is 0 Å². The molecule has 4 aromatic rings. The van der Waals surface area contributed by atoms with Crippen LogP contribution in [0.1, 0.15) is 22.4 Å². The van der Waals surface area contributed by atoms with Crippen LogP contribution >= 0.6 is 0 Å². The number of benzene rings is 1. The maximum Gasteiger partial charge on any atom is 0.259 e. The average Bonchev–Trinajstić information content (AvgIpc) is 3.25. The van der Waals surface area contributed by atoms with E-state index < -0.39 is 0 Å². The molecular formula is C22H20N6O. The highest BCUT2D eigenvalue weighted by atomic mass is 16.5. The molecule has 3 aromatic heterocycles. The molecule has 5 rings (SSSR count). The molecule has 0 fully saturated rings. The molecule has 0 atom stereocenters. The van der Waals surface area contributed by atoms with Gasteiger partial charge in [-0.1, -0.05) is 35.5 Å². The third-order valence-electron chi connectivity index (χ3n) is 5.27. The van der Waals surface area contributed by atoms with Crippen molar-refractivity contribution >= 4 is 0 Å². The van der Waals surface area contributed by atoms with E-state index in [-0.39, 0.29) is 0 Å². The lowest BCUT2D eigenvalue weighted by atomic mass is 9.94. The molecule has 1 aliphatic rings. The zero-order valence-corrected chi connectivity index (χ0v) is 16.1. The molecule has 4 heterocycles. The van der Waals surface area contributed by atoms with Crippen molar-refractivity contribution in [3.8, 4) is 22.8 Å². The van der Waals surface area contributed by atoms with E-state index in [2.05, 4.69) is 60.6 Å². The number of nitrogens with zero attached hydrogens (tertiary/aromatic N) is 6. The fourth-order valence-corrected chi connectivity index (χ4v) is 3.84. The molecule has 0 N–H and O–H groups in total. The van der Waals surface area contributed by atoms with Crippen molar-refractivity contribution in [3.05, 3.63) is 77.4 Å². The van der Waals surface area contributed by atoms with Gasteiger partial charge in [0.1, 0.15) is 0 Å². The van der Waals surface area contributed by atoms with E-state index in [4.69, 9.17) is 4.52 Å². The van der Waals surface area contributed by atoms with E-state index in [1.807, 2.05) is 13.1 Å². The Bertz CT molecular complexity index is 1130. The number of rotatable bonds is 4. The van der Waals surface area contributed by atoms with Gasteiger partial charge in [-0.15, -0.1) is 0 Å². The second kappa shape index (κ2) is 7.52. The van der Waals surface area contributed by atoms with Crippen molar-refractivity contribution in [3.63, 3.8) is 0 Å². The van der Waals surface area contributed by atoms with E-state index in [0.717, 1.165) is 42.9 Å². The van der Waals surface area contributed by atoms with E-state index in [1.165, 1.54) is 16.7 Å². The highest BCUT2D eigenvalue weighted by Gasteiger charge is 2.24. The van der Waals surface area contributed by atoms with Crippen LogP contribution < -0.4 is 0 Å². The SMILES string of the molecule is Cc1ncc2c(c1-c1noc(-c3ccnnc3)n1)CCN(Cc1ccccc1)C2. The largest absolute Gasteiger partial charge is 0.334 e. The van der Waals surface area contributed by atoms with E-state index in [0.29, 0.717) is 11.7 Å². The molecule has 0 bridgehead atoms. The van der Waals surface area contributed by atoms with Crippen LogP contribution in [0.2, 0.25) is 0 Å². The van der Waals surface area contributed by atoms with E-state index in [9.17, 15) is 0 Å². The highest BCUT2D eigenvalue weighted by Crippen LogP contribution is 2.32. The Morgan fingerprint density at radius 2 is 1.97 bits per heavy atom. The summed E-state index contributed by atoms with van der Waals surface area (Å²) in [5.74, 6) is 1.02. The smallest absolute Gasteiger partial charge is 0.259 e. The molecule has 0 radical (unpaired) electrons. The third-order valence-corrected chi connectivity index (χ3v) is 5.27. The van der Waals surface area contributed by atoms with Crippen molar-refractivity contribution in [1.82, 2.24) is 30.2 Å². The summed E-state index contributed by atoms with van der Waals surface area (Å²) in [6, 6.07) is 12.4. The molecule has 144 valence electrons. The summed E-state index contributed by atoms with van der Waals surface area (Å²) in [7, 11) is 0. The number of aromatic nitrogens is 5. The van der Waals surface area contributed by atoms with Crippen LogP contribution in [0.15, 0.2) is 59.5 Å². The van der Waals surface area contributed by atoms with Gasteiger partial charge in [0, 0.05) is 37.1 Å². The second-order valence-electron chi connectivity index (χ2n) is 7.22. The van der Waals surface area contributed by atoms with E-state index >= 15 is 0 Å². The van der Waals surface area contributed by atoms with Crippen molar-refractivity contribution in [2.24, 2.45) is 0 Å². The fourth-order valence-electron chi connectivity index (χ4n) is 3.84. The van der Waals surface area contributed by atoms with Gasteiger partial charge in [-0.05, 0) is 36.1 Å². The predicted molar refractivity (Wildman–Crippen MR) is 108 cm³/mol. The minimum Gasteiger partial charge on any atom is -0.334 e. The zero-order valence-electron chi connectivity index (χ0n) is 16.1. The monoisotopic (exact) mass is 384 g/mol. The molecule has 7 heteroatoms. The van der Waals surface area contributed by atoms with Crippen LogP contribution in [-0.4, -0.2) is 36.8 Å². The summed E-state index contributed by atoms with van der Waals surface area (Å²) in [6.45, 7) is 4.78.